The van der Waals surface area contributed by atoms with Crippen molar-refractivity contribution in [3.63, 3.8) is 0 Å². The molecule has 0 radical (unpaired) electrons. The third kappa shape index (κ3) is 6.21. The third-order valence-electron chi connectivity index (χ3n) is 6.06. The summed E-state index contributed by atoms with van der Waals surface area (Å²) in [6.07, 6.45) is 2.59. The number of ether oxygens (including phenoxy) is 2. The molecule has 3 aromatic carbocycles. The Hall–Kier alpha value is -3.80. The summed E-state index contributed by atoms with van der Waals surface area (Å²) in [6.45, 7) is 6.22. The molecule has 1 aromatic heterocycles. The minimum atomic E-state index is -0.116. The lowest BCUT2D eigenvalue weighted by Gasteiger charge is -2.12. The van der Waals surface area contributed by atoms with E-state index in [9.17, 15) is 4.79 Å². The number of fused-ring (bicyclic) bond motifs is 1. The van der Waals surface area contributed by atoms with Gasteiger partial charge in [0, 0.05) is 25.1 Å². The largest absolute Gasteiger partial charge is 0.497 e. The first-order valence-corrected chi connectivity index (χ1v) is 12.1. The van der Waals surface area contributed by atoms with E-state index in [1.165, 1.54) is 11.1 Å². The van der Waals surface area contributed by atoms with Crippen LogP contribution in [0.1, 0.15) is 40.2 Å². The van der Waals surface area contributed by atoms with Crippen molar-refractivity contribution >= 4 is 16.9 Å². The minimum absolute atomic E-state index is 0.116. The van der Waals surface area contributed by atoms with Gasteiger partial charge in [-0.2, -0.15) is 0 Å². The summed E-state index contributed by atoms with van der Waals surface area (Å²) >= 11 is 0. The molecule has 0 aliphatic heterocycles. The van der Waals surface area contributed by atoms with Gasteiger partial charge in [0.05, 0.1) is 24.8 Å². The van der Waals surface area contributed by atoms with Crippen molar-refractivity contribution in [2.45, 2.75) is 39.7 Å². The number of hydrogen-bond acceptors (Lipinski definition) is 4. The molecule has 0 bridgehead atoms. The van der Waals surface area contributed by atoms with E-state index in [1.54, 1.807) is 19.2 Å². The van der Waals surface area contributed by atoms with Crippen molar-refractivity contribution in [2.24, 2.45) is 0 Å². The summed E-state index contributed by atoms with van der Waals surface area (Å²) in [7, 11) is 1.59. The summed E-state index contributed by atoms with van der Waals surface area (Å²) in [5, 5.41) is 3.01. The van der Waals surface area contributed by atoms with Crippen LogP contribution in [0.5, 0.6) is 11.5 Å². The van der Waals surface area contributed by atoms with Gasteiger partial charge in [-0.1, -0.05) is 35.9 Å². The van der Waals surface area contributed by atoms with Gasteiger partial charge in [-0.15, -0.1) is 0 Å². The van der Waals surface area contributed by atoms with Crippen LogP contribution in [0.2, 0.25) is 0 Å². The monoisotopic (exact) mass is 471 g/mol. The number of nitrogens with zero attached hydrogens (tertiary/aromatic N) is 2. The van der Waals surface area contributed by atoms with Crippen molar-refractivity contribution < 1.29 is 14.3 Å². The lowest BCUT2D eigenvalue weighted by atomic mass is 10.1. The highest BCUT2D eigenvalue weighted by molar-refractivity contribution is 5.94. The van der Waals surface area contributed by atoms with E-state index < -0.39 is 0 Å². The molecular weight excluding hydrogens is 438 g/mol. The maximum atomic E-state index is 12.6. The van der Waals surface area contributed by atoms with E-state index in [-0.39, 0.29) is 5.91 Å². The van der Waals surface area contributed by atoms with Gasteiger partial charge in [0.1, 0.15) is 17.3 Å². The molecule has 6 heteroatoms. The second-order valence-electron chi connectivity index (χ2n) is 8.73. The number of rotatable bonds is 11. The summed E-state index contributed by atoms with van der Waals surface area (Å²) in [4.78, 5) is 17.4. The Labute approximate surface area is 206 Å². The van der Waals surface area contributed by atoms with Crippen molar-refractivity contribution in [2.75, 3.05) is 20.3 Å². The highest BCUT2D eigenvalue weighted by Crippen LogP contribution is 2.20. The molecule has 1 amide bonds. The summed E-state index contributed by atoms with van der Waals surface area (Å²) in [6, 6.07) is 21.6. The molecular formula is C29H33N3O3. The fraction of sp³-hybridized carbons (Fsp3) is 0.310. The minimum Gasteiger partial charge on any atom is -0.497 e. The molecule has 0 aliphatic rings. The van der Waals surface area contributed by atoms with Crippen molar-refractivity contribution in [1.82, 2.24) is 14.9 Å². The molecule has 1 N–H and O–H groups in total. The van der Waals surface area contributed by atoms with Gasteiger partial charge in [0.15, 0.2) is 0 Å². The number of carbonyl (C=O) groups excluding carboxylic acids is 1. The molecule has 1 heterocycles. The zero-order chi connectivity index (χ0) is 24.6. The number of aromatic nitrogens is 2. The van der Waals surface area contributed by atoms with Crippen molar-refractivity contribution in [3.8, 4) is 11.5 Å². The highest BCUT2D eigenvalue weighted by atomic mass is 16.5. The first-order valence-electron chi connectivity index (χ1n) is 12.1. The molecule has 0 spiro atoms. The van der Waals surface area contributed by atoms with Crippen LogP contribution in [0.25, 0.3) is 11.0 Å². The van der Waals surface area contributed by atoms with Crippen molar-refractivity contribution in [1.29, 1.82) is 0 Å². The predicted octanol–water partition coefficient (Wildman–Crippen LogP) is 5.49. The van der Waals surface area contributed by atoms with Crippen LogP contribution < -0.4 is 14.8 Å². The number of benzene rings is 3. The molecule has 4 rings (SSSR count). The Kier molecular flexibility index (Phi) is 8.03. The zero-order valence-corrected chi connectivity index (χ0v) is 20.7. The van der Waals surface area contributed by atoms with E-state index in [0.717, 1.165) is 42.0 Å². The van der Waals surface area contributed by atoms with Gasteiger partial charge in [0.2, 0.25) is 0 Å². The Bertz CT molecular complexity index is 1300. The molecule has 0 saturated heterocycles. The Balaban J connectivity index is 1.33. The first kappa shape index (κ1) is 24.3. The lowest BCUT2D eigenvalue weighted by Crippen LogP contribution is -2.26. The van der Waals surface area contributed by atoms with E-state index in [1.807, 2.05) is 36.4 Å². The highest BCUT2D eigenvalue weighted by Gasteiger charge is 2.12. The van der Waals surface area contributed by atoms with E-state index >= 15 is 0 Å². The number of carbonyl (C=O) groups is 1. The van der Waals surface area contributed by atoms with Crippen LogP contribution in [0.15, 0.2) is 66.7 Å². The number of amides is 1. The summed E-state index contributed by atoms with van der Waals surface area (Å²) < 4.78 is 13.5. The van der Waals surface area contributed by atoms with E-state index in [0.29, 0.717) is 30.9 Å². The van der Waals surface area contributed by atoms with Gasteiger partial charge >= 0.3 is 0 Å². The molecule has 0 unspecified atom stereocenters. The Morgan fingerprint density at radius 2 is 1.86 bits per heavy atom. The van der Waals surface area contributed by atoms with Crippen LogP contribution in [0.3, 0.4) is 0 Å². The lowest BCUT2D eigenvalue weighted by molar-refractivity contribution is 0.0953. The number of aryl methyl sites for hydroxylation is 3. The van der Waals surface area contributed by atoms with Gasteiger partial charge in [-0.25, -0.2) is 4.98 Å². The fourth-order valence-electron chi connectivity index (χ4n) is 4.24. The second-order valence-corrected chi connectivity index (χ2v) is 8.73. The van der Waals surface area contributed by atoms with Gasteiger partial charge in [0.25, 0.3) is 5.91 Å². The molecule has 182 valence electrons. The topological polar surface area (TPSA) is 65.4 Å². The maximum absolute atomic E-state index is 12.6. The number of hydrogen-bond donors (Lipinski definition) is 1. The third-order valence-corrected chi connectivity index (χ3v) is 6.06. The van der Waals surface area contributed by atoms with E-state index in [2.05, 4.69) is 41.9 Å². The summed E-state index contributed by atoms with van der Waals surface area (Å²) in [5.74, 6) is 2.49. The molecule has 0 fully saturated rings. The molecule has 0 atom stereocenters. The van der Waals surface area contributed by atoms with Gasteiger partial charge < -0.3 is 19.4 Å². The molecule has 0 aliphatic carbocycles. The zero-order valence-electron chi connectivity index (χ0n) is 20.7. The normalized spacial score (nSPS) is 10.9. The Morgan fingerprint density at radius 3 is 2.69 bits per heavy atom. The van der Waals surface area contributed by atoms with Crippen LogP contribution in [0, 0.1) is 13.8 Å². The molecule has 35 heavy (non-hydrogen) atoms. The molecule has 0 saturated carbocycles. The van der Waals surface area contributed by atoms with Gasteiger partial charge in [-0.05, 0) is 68.7 Å². The van der Waals surface area contributed by atoms with E-state index in [4.69, 9.17) is 14.5 Å². The first-order chi connectivity index (χ1) is 17.0. The standard InChI is InChI=1S/C29H33N3O3/c1-21-13-14-27(22(2)19-21)35-18-7-6-17-32-26-12-5-4-11-25(26)31-28(32)15-16-30-29(33)23-9-8-10-24(20-23)34-3/h4-5,8-14,19-20H,6-7,15-18H2,1-3H3,(H,30,33). The SMILES string of the molecule is COc1cccc(C(=O)NCCc2nc3ccccc3n2CCCCOc2ccc(C)cc2C)c1. The maximum Gasteiger partial charge on any atom is 0.251 e. The van der Waals surface area contributed by atoms with Crippen LogP contribution in [0.4, 0.5) is 0 Å². The fourth-order valence-corrected chi connectivity index (χ4v) is 4.24. The molecule has 4 aromatic rings. The number of para-hydroxylation sites is 2. The average molecular weight is 472 g/mol. The smallest absolute Gasteiger partial charge is 0.251 e. The van der Waals surface area contributed by atoms with Crippen LogP contribution >= 0.6 is 0 Å². The number of unbranched alkanes of at least 4 members (excludes halogenated alkanes) is 1. The van der Waals surface area contributed by atoms with Crippen molar-refractivity contribution in [3.05, 3.63) is 89.2 Å². The number of methoxy groups -OCH3 is 1. The second kappa shape index (κ2) is 11.6. The predicted molar refractivity (Wildman–Crippen MR) is 139 cm³/mol. The van der Waals surface area contributed by atoms with Gasteiger partial charge in [-0.3, -0.25) is 4.79 Å². The molecule has 6 nitrogen and oxygen atoms in total. The quantitative estimate of drug-likeness (QED) is 0.294. The average Bonchev–Trinajstić information content (AvgIpc) is 3.22. The summed E-state index contributed by atoms with van der Waals surface area (Å²) in [5.41, 5.74) is 5.10. The Morgan fingerprint density at radius 1 is 1.00 bits per heavy atom. The van der Waals surface area contributed by atoms with Crippen LogP contribution in [-0.2, 0) is 13.0 Å². The number of imidazole rings is 1. The van der Waals surface area contributed by atoms with Crippen LogP contribution in [-0.4, -0.2) is 35.7 Å². The number of nitrogens with one attached hydrogen (secondary N) is 1.